The molecule has 0 aliphatic carbocycles. The average molecular weight is 977 g/mol. The highest BCUT2D eigenvalue weighted by Crippen LogP contribution is 2.22. The zero-order valence-corrected chi connectivity index (χ0v) is 39.5. The molecule has 20 nitrogen and oxygen atoms in total. The first-order valence-corrected chi connectivity index (χ1v) is 24.3. The van der Waals surface area contributed by atoms with Gasteiger partial charge in [-0.25, -0.2) is 0 Å². The number of thioether (sulfide) groups is 1. The van der Waals surface area contributed by atoms with Crippen LogP contribution in [0.25, 0.3) is 0 Å². The third-order valence-corrected chi connectivity index (χ3v) is 13.1. The molecule has 2 aliphatic rings. The summed E-state index contributed by atoms with van der Waals surface area (Å²) in [5.41, 5.74) is 17.0. The molecular formula is C43H62ClN11O9S2. The molecule has 1 aromatic heterocycles. The summed E-state index contributed by atoms with van der Waals surface area (Å²) in [6.45, 7) is 3.40. The molecule has 3 heterocycles. The Labute approximate surface area is 397 Å². The van der Waals surface area contributed by atoms with E-state index in [2.05, 4.69) is 36.9 Å². The monoisotopic (exact) mass is 975 g/mol. The summed E-state index contributed by atoms with van der Waals surface area (Å²) < 4.78 is 0. The van der Waals surface area contributed by atoms with Crippen molar-refractivity contribution in [2.75, 3.05) is 31.2 Å². The normalized spacial score (nSPS) is 23.3. The number of aliphatic hydroxyl groups excluding tert-OH is 1. The highest BCUT2D eigenvalue weighted by molar-refractivity contribution is 7.99. The van der Waals surface area contributed by atoms with E-state index in [4.69, 9.17) is 28.8 Å². The summed E-state index contributed by atoms with van der Waals surface area (Å²) >= 11 is 8.77. The number of nitrogens with zero attached hydrogens (tertiary/aromatic N) is 2. The number of carbonyl (C=O) groups excluding carboxylic acids is 8. The van der Waals surface area contributed by atoms with Crippen LogP contribution in [0.3, 0.4) is 0 Å². The third-order valence-electron chi connectivity index (χ3n) is 11.0. The second kappa shape index (κ2) is 26.6. The van der Waals surface area contributed by atoms with Crippen molar-refractivity contribution in [3.8, 4) is 0 Å². The Hall–Kier alpha value is -5.45. The van der Waals surface area contributed by atoms with Crippen molar-refractivity contribution in [1.29, 1.82) is 0 Å². The minimum atomic E-state index is -1.58. The Balaban J connectivity index is 1.63. The maximum atomic E-state index is 14.4. The van der Waals surface area contributed by atoms with Crippen LogP contribution in [0.1, 0.15) is 69.2 Å². The van der Waals surface area contributed by atoms with E-state index < -0.39 is 102 Å². The largest absolute Gasteiger partial charge is 0.394 e. The molecule has 2 aromatic rings. The molecule has 0 spiro atoms. The molecule has 0 bridgehead atoms. The van der Waals surface area contributed by atoms with Crippen molar-refractivity contribution >= 4 is 87.9 Å². The molecule has 0 unspecified atom stereocenters. The summed E-state index contributed by atoms with van der Waals surface area (Å²) in [6.07, 6.45) is 1.03. The van der Waals surface area contributed by atoms with Crippen LogP contribution in [0.2, 0.25) is 5.02 Å². The average Bonchev–Trinajstić information content (AvgIpc) is 3.98. The summed E-state index contributed by atoms with van der Waals surface area (Å²) in [5.74, 6) is -5.79. The molecule has 8 amide bonds. The van der Waals surface area contributed by atoms with Gasteiger partial charge in [0.2, 0.25) is 47.3 Å². The maximum absolute atomic E-state index is 14.4. The number of aliphatic hydroxyl groups is 1. The van der Waals surface area contributed by atoms with Crippen LogP contribution >= 0.6 is 34.7 Å². The van der Waals surface area contributed by atoms with Gasteiger partial charge in [-0.1, -0.05) is 43.6 Å². The van der Waals surface area contributed by atoms with E-state index in [1.165, 1.54) is 28.0 Å². The molecule has 0 radical (unpaired) electrons. The Morgan fingerprint density at radius 2 is 1.56 bits per heavy atom. The van der Waals surface area contributed by atoms with E-state index in [1.54, 1.807) is 50.2 Å². The van der Waals surface area contributed by atoms with E-state index in [9.17, 15) is 43.5 Å². The van der Waals surface area contributed by atoms with Crippen LogP contribution in [-0.2, 0) is 51.2 Å². The zero-order chi connectivity index (χ0) is 48.3. The van der Waals surface area contributed by atoms with Crippen molar-refractivity contribution < 1.29 is 43.5 Å². The lowest BCUT2D eigenvalue weighted by Crippen LogP contribution is -2.61. The van der Waals surface area contributed by atoms with Gasteiger partial charge in [-0.3, -0.25) is 43.3 Å². The van der Waals surface area contributed by atoms with Crippen molar-refractivity contribution in [3.05, 3.63) is 57.2 Å². The maximum Gasteiger partial charge on any atom is 0.245 e. The Morgan fingerprint density at radius 1 is 0.879 bits per heavy atom. The second-order valence-corrected chi connectivity index (χ2v) is 19.2. The van der Waals surface area contributed by atoms with E-state index in [0.29, 0.717) is 36.3 Å². The van der Waals surface area contributed by atoms with Gasteiger partial charge in [0.25, 0.3) is 0 Å². The molecule has 66 heavy (non-hydrogen) atoms. The first-order chi connectivity index (χ1) is 31.4. The van der Waals surface area contributed by atoms with Gasteiger partial charge in [0.1, 0.15) is 36.3 Å². The minimum absolute atomic E-state index is 0.0148. The fourth-order valence-electron chi connectivity index (χ4n) is 7.46. The molecule has 0 saturated carbocycles. The summed E-state index contributed by atoms with van der Waals surface area (Å²) in [4.78, 5) is 116. The highest BCUT2D eigenvalue weighted by atomic mass is 35.5. The lowest BCUT2D eigenvalue weighted by Gasteiger charge is -2.31. The second-order valence-electron chi connectivity index (χ2n) is 16.5. The van der Waals surface area contributed by atoms with Crippen LogP contribution in [0.4, 0.5) is 0 Å². The Morgan fingerprint density at radius 3 is 2.21 bits per heavy atom. The molecule has 2 aliphatic heterocycles. The molecule has 13 N–H and O–H groups in total. The van der Waals surface area contributed by atoms with Crippen LogP contribution in [0, 0.1) is 5.92 Å². The number of rotatable bonds is 15. The number of guanidine groups is 1. The molecular weight excluding hydrogens is 914 g/mol. The predicted octanol–water partition coefficient (Wildman–Crippen LogP) is -0.809. The SMILES string of the molecule is CC(C)[C@@H]1NC(=O)[C@H](Cc2cccs2)NC(=O)[C@H](Cc2ccc(Cl)cc2)NC(=O)CCSCC[C@@H](C(=O)N2CCC[C@H]2C(=O)N[C@@H](CO)CCCN=C(N)N)NC(=O)[C@H](CC(N)=O)NC1=O. The van der Waals surface area contributed by atoms with E-state index in [0.717, 1.165) is 4.88 Å². The lowest BCUT2D eigenvalue weighted by molar-refractivity contribution is -0.142. The summed E-state index contributed by atoms with van der Waals surface area (Å²) in [5, 5.41) is 28.6. The van der Waals surface area contributed by atoms with Crippen molar-refractivity contribution in [3.63, 3.8) is 0 Å². The van der Waals surface area contributed by atoms with Crippen molar-refractivity contribution in [2.24, 2.45) is 28.1 Å². The first-order valence-electron chi connectivity index (χ1n) is 21.9. The standard InChI is InChI=1S/C43H62ClN11O9S2/c1-24(2)36-41(63)53-32(22-34(45)57)38(60)51-29(42(64)55-16-4-8-33(55)40(62)49-27(23-56)6-3-15-48-43(46)47)13-18-65-19-14-35(58)50-30(20-25-9-11-26(44)12-10-25)37(59)52-31(39(61)54-36)21-28-7-5-17-66-28/h5,7,9-12,17,24,27,29-33,36,56H,3-4,6,8,13-16,18-23H2,1-2H3,(H2,45,57)(H,49,62)(H,50,58)(H,51,60)(H,52,59)(H,53,63)(H,54,61)(H4,46,47,48)/t27-,29+,30+,31+,32+,33+,36+/m1/s1. The van der Waals surface area contributed by atoms with E-state index in [1.807, 2.05) is 5.38 Å². The number of amides is 8. The van der Waals surface area contributed by atoms with Crippen LogP contribution in [0.5, 0.6) is 0 Å². The number of aliphatic imine (C=N–C) groups is 1. The molecule has 4 rings (SSSR count). The van der Waals surface area contributed by atoms with E-state index >= 15 is 0 Å². The molecule has 1 aromatic carbocycles. The molecule has 7 atom stereocenters. The number of primary amides is 1. The van der Waals surface area contributed by atoms with Crippen LogP contribution < -0.4 is 49.1 Å². The molecule has 362 valence electrons. The van der Waals surface area contributed by atoms with Crippen molar-refractivity contribution in [2.45, 2.75) is 114 Å². The number of nitrogens with two attached hydrogens (primary N) is 3. The number of halogens is 1. The first kappa shape index (κ1) is 53.2. The minimum Gasteiger partial charge on any atom is -0.394 e. The smallest absolute Gasteiger partial charge is 0.245 e. The lowest BCUT2D eigenvalue weighted by atomic mass is 10.0. The van der Waals surface area contributed by atoms with Gasteiger partial charge in [0.05, 0.1) is 19.1 Å². The highest BCUT2D eigenvalue weighted by Gasteiger charge is 2.40. The van der Waals surface area contributed by atoms with Gasteiger partial charge in [-0.2, -0.15) is 11.8 Å². The van der Waals surface area contributed by atoms with Gasteiger partial charge in [-0.05, 0) is 72.9 Å². The quantitative estimate of drug-likeness (QED) is 0.0596. The number of carbonyl (C=O) groups is 8. The van der Waals surface area contributed by atoms with Crippen LogP contribution in [0.15, 0.2) is 46.8 Å². The van der Waals surface area contributed by atoms with Gasteiger partial charge in [0.15, 0.2) is 5.96 Å². The zero-order valence-electron chi connectivity index (χ0n) is 37.1. The number of benzene rings is 1. The third kappa shape index (κ3) is 17.1. The summed E-state index contributed by atoms with van der Waals surface area (Å²) in [6, 6.07) is 2.29. The number of nitrogens with one attached hydrogen (secondary N) is 6. The van der Waals surface area contributed by atoms with Gasteiger partial charge in [-0.15, -0.1) is 11.3 Å². The predicted molar refractivity (Wildman–Crippen MR) is 252 cm³/mol. The van der Waals surface area contributed by atoms with Gasteiger partial charge in [0, 0.05) is 48.0 Å². The number of hydrogen-bond acceptors (Lipinski definition) is 12. The fraction of sp³-hybridized carbons (Fsp3) is 0.558. The summed E-state index contributed by atoms with van der Waals surface area (Å²) in [7, 11) is 0. The Kier molecular flexibility index (Phi) is 21.5. The topological polar surface area (TPSA) is 323 Å². The van der Waals surface area contributed by atoms with Gasteiger partial charge < -0.3 is 59.1 Å². The van der Waals surface area contributed by atoms with Gasteiger partial charge >= 0.3 is 0 Å². The number of hydrogen-bond donors (Lipinski definition) is 10. The van der Waals surface area contributed by atoms with Crippen molar-refractivity contribution in [1.82, 2.24) is 36.8 Å². The Bertz CT molecular complexity index is 2020. The molecule has 23 heteroatoms. The molecule has 2 saturated heterocycles. The van der Waals surface area contributed by atoms with E-state index in [-0.39, 0.29) is 62.8 Å². The number of likely N-dealkylation sites (tertiary alicyclic amines) is 1. The molecule has 2 fully saturated rings. The fourth-order valence-corrected chi connectivity index (χ4v) is 9.27. The van der Waals surface area contributed by atoms with Crippen LogP contribution in [-0.4, -0.2) is 137 Å². The number of thiophene rings is 1.